The van der Waals surface area contributed by atoms with Crippen LogP contribution in [0.3, 0.4) is 0 Å². The first-order valence-electron chi connectivity index (χ1n) is 9.82. The topological polar surface area (TPSA) is 33.1 Å². The number of pyridine rings is 1. The maximum Gasteiger partial charge on any atom is 0.174 e. The van der Waals surface area contributed by atoms with Crippen molar-refractivity contribution >= 4 is 38.9 Å². The van der Waals surface area contributed by atoms with Crippen LogP contribution >= 0.6 is 28.1 Å². The average molecular weight is 493 g/mol. The fraction of sp³-hybridized carbons (Fsp3) is 0.0833. The van der Waals surface area contributed by atoms with E-state index in [1.807, 2.05) is 71.4 Å². The van der Waals surface area contributed by atoms with Gasteiger partial charge in [-0.3, -0.25) is 4.98 Å². The summed E-state index contributed by atoms with van der Waals surface area (Å²) in [5.74, 6) is -0.280. The number of anilines is 1. The van der Waals surface area contributed by atoms with E-state index in [-0.39, 0.29) is 17.9 Å². The van der Waals surface area contributed by atoms with Gasteiger partial charge in [-0.05, 0) is 72.9 Å². The van der Waals surface area contributed by atoms with E-state index in [0.717, 1.165) is 21.5 Å². The van der Waals surface area contributed by atoms with Gasteiger partial charge in [-0.2, -0.15) is 0 Å². The summed E-state index contributed by atoms with van der Waals surface area (Å²) >= 11 is 9.26. The molecule has 1 N–H and O–H groups in total. The second kappa shape index (κ2) is 8.24. The Morgan fingerprint density at radius 1 is 0.935 bits per heavy atom. The Balaban J connectivity index is 1.68. The molecule has 0 saturated carbocycles. The van der Waals surface area contributed by atoms with E-state index >= 15 is 0 Å². The zero-order valence-electron chi connectivity index (χ0n) is 16.3. The summed E-state index contributed by atoms with van der Waals surface area (Å²) in [5, 5.41) is 4.04. The number of para-hydroxylation sites is 1. The third kappa shape index (κ3) is 3.64. The van der Waals surface area contributed by atoms with Crippen LogP contribution in [0.2, 0.25) is 0 Å². The smallest absolute Gasteiger partial charge is 0.174 e. The van der Waals surface area contributed by atoms with Gasteiger partial charge in [0.2, 0.25) is 0 Å². The standard InChI is InChI=1S/C24H18BrFN4S/c25-16-10-12-17(13-11-16)30-23(22(28-24(30)31)19-7-3-4-14-27-19)21-9-5-15-29(21)20-8-2-1-6-18(20)26/h1-15,22-23H,(H,28,31)/t22-,23+/m0/s1. The Morgan fingerprint density at radius 3 is 2.45 bits per heavy atom. The molecule has 1 saturated heterocycles. The van der Waals surface area contributed by atoms with Crippen LogP contribution in [0.1, 0.15) is 23.5 Å². The number of aromatic nitrogens is 2. The van der Waals surface area contributed by atoms with E-state index in [1.165, 1.54) is 6.07 Å². The first kappa shape index (κ1) is 19.9. The van der Waals surface area contributed by atoms with Crippen molar-refractivity contribution < 1.29 is 4.39 Å². The summed E-state index contributed by atoms with van der Waals surface area (Å²) in [6, 6.07) is 24.1. The van der Waals surface area contributed by atoms with E-state index in [9.17, 15) is 4.39 Å². The average Bonchev–Trinajstić information content (AvgIpc) is 3.39. The molecule has 0 aliphatic carbocycles. The molecular formula is C24H18BrFN4S. The van der Waals surface area contributed by atoms with Gasteiger partial charge in [0.1, 0.15) is 11.9 Å². The number of nitrogens with one attached hydrogen (secondary N) is 1. The molecule has 1 fully saturated rings. The Labute approximate surface area is 193 Å². The molecule has 7 heteroatoms. The van der Waals surface area contributed by atoms with Crippen LogP contribution in [0, 0.1) is 5.82 Å². The first-order valence-corrected chi connectivity index (χ1v) is 11.0. The molecule has 4 nitrogen and oxygen atoms in total. The molecule has 1 aliphatic heterocycles. The highest BCUT2D eigenvalue weighted by atomic mass is 79.9. The zero-order valence-corrected chi connectivity index (χ0v) is 18.7. The van der Waals surface area contributed by atoms with Gasteiger partial charge in [-0.15, -0.1) is 0 Å². The van der Waals surface area contributed by atoms with Gasteiger partial charge in [0, 0.05) is 28.2 Å². The molecule has 4 aromatic rings. The van der Waals surface area contributed by atoms with Gasteiger partial charge in [-0.25, -0.2) is 4.39 Å². The van der Waals surface area contributed by atoms with Gasteiger partial charge in [0.15, 0.2) is 5.11 Å². The second-order valence-corrected chi connectivity index (χ2v) is 8.53. The predicted molar refractivity (Wildman–Crippen MR) is 128 cm³/mol. The molecule has 0 radical (unpaired) electrons. The van der Waals surface area contributed by atoms with E-state index in [4.69, 9.17) is 12.2 Å². The van der Waals surface area contributed by atoms with Crippen LogP contribution in [0.5, 0.6) is 0 Å². The summed E-state index contributed by atoms with van der Waals surface area (Å²) in [6.07, 6.45) is 3.65. The molecule has 0 bridgehead atoms. The minimum atomic E-state index is -0.280. The largest absolute Gasteiger partial charge is 0.351 e. The third-order valence-corrected chi connectivity index (χ3v) is 6.24. The lowest BCUT2D eigenvalue weighted by Crippen LogP contribution is -2.30. The maximum absolute atomic E-state index is 14.7. The third-order valence-electron chi connectivity index (χ3n) is 5.40. The molecule has 2 atom stereocenters. The Hall–Kier alpha value is -3.03. The van der Waals surface area contributed by atoms with Crippen LogP contribution in [-0.2, 0) is 0 Å². The van der Waals surface area contributed by atoms with Gasteiger partial charge >= 0.3 is 0 Å². The van der Waals surface area contributed by atoms with Crippen molar-refractivity contribution in [3.05, 3.63) is 113 Å². The fourth-order valence-corrected chi connectivity index (χ4v) is 4.65. The second-order valence-electron chi connectivity index (χ2n) is 7.23. The minimum Gasteiger partial charge on any atom is -0.351 e. The van der Waals surface area contributed by atoms with E-state index in [0.29, 0.717) is 10.8 Å². The van der Waals surface area contributed by atoms with Crippen molar-refractivity contribution in [3.63, 3.8) is 0 Å². The van der Waals surface area contributed by atoms with Gasteiger partial charge in [-0.1, -0.05) is 34.1 Å². The zero-order chi connectivity index (χ0) is 21.4. The Kier molecular flexibility index (Phi) is 5.29. The molecule has 3 heterocycles. The lowest BCUT2D eigenvalue weighted by atomic mass is 10.0. The minimum absolute atomic E-state index is 0.197. The van der Waals surface area contributed by atoms with Gasteiger partial charge in [0.05, 0.1) is 17.4 Å². The number of benzene rings is 2. The fourth-order valence-electron chi connectivity index (χ4n) is 4.04. The van der Waals surface area contributed by atoms with E-state index in [2.05, 4.69) is 31.1 Å². The molecule has 0 spiro atoms. The lowest BCUT2D eigenvalue weighted by molar-refractivity contribution is 0.544. The number of rotatable bonds is 4. The number of hydrogen-bond donors (Lipinski definition) is 1. The van der Waals surface area contributed by atoms with E-state index < -0.39 is 0 Å². The monoisotopic (exact) mass is 492 g/mol. The normalized spacial score (nSPS) is 18.3. The SMILES string of the molecule is Fc1ccccc1-n1cccc1[C@@H]1[C@H](c2ccccn2)NC(=S)N1c1ccc(Br)cc1. The Bertz CT molecular complexity index is 1230. The van der Waals surface area contributed by atoms with Crippen LogP contribution in [0.25, 0.3) is 5.69 Å². The predicted octanol–water partition coefficient (Wildman–Crippen LogP) is 5.95. The number of nitrogens with zero attached hydrogens (tertiary/aromatic N) is 3. The molecule has 0 amide bonds. The molecular weight excluding hydrogens is 475 g/mol. The maximum atomic E-state index is 14.7. The first-order chi connectivity index (χ1) is 15.1. The molecule has 154 valence electrons. The van der Waals surface area contributed by atoms with Crippen molar-refractivity contribution in [1.82, 2.24) is 14.9 Å². The van der Waals surface area contributed by atoms with Crippen LogP contribution < -0.4 is 10.2 Å². The van der Waals surface area contributed by atoms with Gasteiger partial charge in [0.25, 0.3) is 0 Å². The molecule has 2 aromatic heterocycles. The van der Waals surface area contributed by atoms with Crippen LogP contribution in [0.4, 0.5) is 10.1 Å². The highest BCUT2D eigenvalue weighted by Gasteiger charge is 2.42. The molecule has 1 aliphatic rings. The Morgan fingerprint density at radius 2 is 1.71 bits per heavy atom. The van der Waals surface area contributed by atoms with Crippen molar-refractivity contribution in [3.8, 4) is 5.69 Å². The molecule has 0 unspecified atom stereocenters. The molecule has 5 rings (SSSR count). The highest BCUT2D eigenvalue weighted by molar-refractivity contribution is 9.10. The van der Waals surface area contributed by atoms with E-state index in [1.54, 1.807) is 18.3 Å². The quantitative estimate of drug-likeness (QED) is 0.356. The van der Waals surface area contributed by atoms with Crippen LogP contribution in [-0.4, -0.2) is 14.7 Å². The highest BCUT2D eigenvalue weighted by Crippen LogP contribution is 2.42. The molecule has 2 aromatic carbocycles. The van der Waals surface area contributed by atoms with Crippen molar-refractivity contribution in [2.24, 2.45) is 0 Å². The van der Waals surface area contributed by atoms with Crippen molar-refractivity contribution in [1.29, 1.82) is 0 Å². The van der Waals surface area contributed by atoms with Crippen molar-refractivity contribution in [2.75, 3.05) is 4.90 Å². The van der Waals surface area contributed by atoms with Gasteiger partial charge < -0.3 is 14.8 Å². The number of halogens is 2. The summed E-state index contributed by atoms with van der Waals surface area (Å²) in [6.45, 7) is 0. The summed E-state index contributed by atoms with van der Waals surface area (Å²) in [7, 11) is 0. The number of thiocarbonyl (C=S) groups is 1. The number of hydrogen-bond acceptors (Lipinski definition) is 2. The van der Waals surface area contributed by atoms with Crippen molar-refractivity contribution in [2.45, 2.75) is 12.1 Å². The van der Waals surface area contributed by atoms with Crippen LogP contribution in [0.15, 0.2) is 95.7 Å². The summed E-state index contributed by atoms with van der Waals surface area (Å²) in [5.41, 5.74) is 3.23. The summed E-state index contributed by atoms with van der Waals surface area (Å²) in [4.78, 5) is 6.66. The summed E-state index contributed by atoms with van der Waals surface area (Å²) < 4.78 is 17.6. The molecule has 31 heavy (non-hydrogen) atoms. The lowest BCUT2D eigenvalue weighted by Gasteiger charge is -2.29.